The van der Waals surface area contributed by atoms with Crippen LogP contribution in [-0.4, -0.2) is 48.0 Å². The van der Waals surface area contributed by atoms with Gasteiger partial charge in [-0.15, -0.1) is 0 Å². The van der Waals surface area contributed by atoms with E-state index in [1.807, 2.05) is 17.9 Å². The molecule has 1 aliphatic carbocycles. The van der Waals surface area contributed by atoms with Gasteiger partial charge < -0.3 is 15.1 Å². The highest BCUT2D eigenvalue weighted by molar-refractivity contribution is 5.76. The molecule has 2 aliphatic rings. The van der Waals surface area contributed by atoms with E-state index in [2.05, 4.69) is 10.2 Å². The molecule has 1 N–H and O–H groups in total. The van der Waals surface area contributed by atoms with Crippen LogP contribution in [0.25, 0.3) is 0 Å². The minimum absolute atomic E-state index is 0.125. The van der Waals surface area contributed by atoms with Gasteiger partial charge >= 0.3 is 0 Å². The quantitative estimate of drug-likeness (QED) is 0.665. The van der Waals surface area contributed by atoms with Crippen LogP contribution >= 0.6 is 0 Å². The lowest BCUT2D eigenvalue weighted by atomic mass is 10.2. The molecule has 1 aliphatic heterocycles. The van der Waals surface area contributed by atoms with Crippen LogP contribution in [-0.2, 0) is 4.79 Å². The fourth-order valence-electron chi connectivity index (χ4n) is 2.88. The Bertz CT molecular complexity index is 607. The summed E-state index contributed by atoms with van der Waals surface area (Å²) >= 11 is 0. The minimum atomic E-state index is -0.341. The summed E-state index contributed by atoms with van der Waals surface area (Å²) in [6.07, 6.45) is 2.67. The van der Waals surface area contributed by atoms with Gasteiger partial charge in [-0.05, 0) is 25.0 Å². The summed E-state index contributed by atoms with van der Waals surface area (Å²) in [5.41, 5.74) is 1.70. The largest absolute Gasteiger partial charge is 0.377 e. The Balaban J connectivity index is 1.73. The number of nitrogens with one attached hydrogen (secondary N) is 1. The Kier molecular flexibility index (Phi) is 4.36. The summed E-state index contributed by atoms with van der Waals surface area (Å²) in [4.78, 5) is 26.6. The van der Waals surface area contributed by atoms with Gasteiger partial charge in [0.25, 0.3) is 5.69 Å². The van der Waals surface area contributed by atoms with Crippen molar-refractivity contribution >= 4 is 23.0 Å². The van der Waals surface area contributed by atoms with E-state index >= 15 is 0 Å². The fourth-order valence-corrected chi connectivity index (χ4v) is 2.88. The lowest BCUT2D eigenvalue weighted by Crippen LogP contribution is -2.48. The van der Waals surface area contributed by atoms with Crippen molar-refractivity contribution in [3.63, 3.8) is 0 Å². The number of carbonyl (C=O) groups is 1. The molecule has 0 spiro atoms. The third-order valence-electron chi connectivity index (χ3n) is 4.41. The van der Waals surface area contributed by atoms with Crippen LogP contribution in [0.3, 0.4) is 0 Å². The van der Waals surface area contributed by atoms with Crippen LogP contribution in [0.4, 0.5) is 17.1 Å². The highest BCUT2D eigenvalue weighted by Gasteiger charge is 2.26. The standard InChI is InChI=1S/C16H22N4O3/c1-2-16(21)19-9-7-18(8-10-19)13-5-6-15(20(22)23)14(11-13)17-12-3-4-12/h5-6,11-12,17H,2-4,7-10H2,1H3. The number of carbonyl (C=O) groups excluding carboxylic acids is 1. The van der Waals surface area contributed by atoms with Crippen LogP contribution in [0.15, 0.2) is 18.2 Å². The third kappa shape index (κ3) is 3.55. The molecule has 124 valence electrons. The zero-order valence-electron chi connectivity index (χ0n) is 13.3. The predicted octanol–water partition coefficient (Wildman–Crippen LogP) is 2.23. The monoisotopic (exact) mass is 318 g/mol. The summed E-state index contributed by atoms with van der Waals surface area (Å²) in [6, 6.07) is 5.60. The number of hydrogen-bond acceptors (Lipinski definition) is 5. The van der Waals surface area contributed by atoms with Crippen molar-refractivity contribution in [3.05, 3.63) is 28.3 Å². The molecule has 1 aromatic carbocycles. The van der Waals surface area contributed by atoms with Crippen LogP contribution in [0.5, 0.6) is 0 Å². The normalized spacial score (nSPS) is 18.0. The highest BCUT2D eigenvalue weighted by atomic mass is 16.6. The molecule has 0 unspecified atom stereocenters. The first-order valence-corrected chi connectivity index (χ1v) is 8.16. The Morgan fingerprint density at radius 3 is 2.57 bits per heavy atom. The van der Waals surface area contributed by atoms with Gasteiger partial charge in [-0.3, -0.25) is 14.9 Å². The van der Waals surface area contributed by atoms with Gasteiger partial charge in [-0.25, -0.2) is 0 Å². The third-order valence-corrected chi connectivity index (χ3v) is 4.41. The molecule has 0 atom stereocenters. The first-order valence-electron chi connectivity index (χ1n) is 8.16. The number of piperazine rings is 1. The average molecular weight is 318 g/mol. The molecular formula is C16H22N4O3. The van der Waals surface area contributed by atoms with Crippen LogP contribution in [0.1, 0.15) is 26.2 Å². The average Bonchev–Trinajstić information content (AvgIpc) is 3.38. The van der Waals surface area contributed by atoms with Gasteiger partial charge in [0.05, 0.1) is 4.92 Å². The zero-order valence-corrected chi connectivity index (χ0v) is 13.3. The Hall–Kier alpha value is -2.31. The van der Waals surface area contributed by atoms with Crippen molar-refractivity contribution in [1.82, 2.24) is 4.90 Å². The maximum Gasteiger partial charge on any atom is 0.292 e. The molecule has 1 aromatic rings. The topological polar surface area (TPSA) is 78.7 Å². The summed E-state index contributed by atoms with van der Waals surface area (Å²) in [6.45, 7) is 4.80. The van der Waals surface area contributed by atoms with Crippen molar-refractivity contribution in [2.24, 2.45) is 0 Å². The van der Waals surface area contributed by atoms with Crippen LogP contribution in [0.2, 0.25) is 0 Å². The molecule has 7 nitrogen and oxygen atoms in total. The van der Waals surface area contributed by atoms with E-state index in [4.69, 9.17) is 0 Å². The van der Waals surface area contributed by atoms with Gasteiger partial charge in [0.2, 0.25) is 5.91 Å². The Morgan fingerprint density at radius 1 is 1.30 bits per heavy atom. The van der Waals surface area contributed by atoms with E-state index < -0.39 is 0 Å². The second-order valence-electron chi connectivity index (χ2n) is 6.10. The first-order chi connectivity index (χ1) is 11.1. The van der Waals surface area contributed by atoms with Crippen molar-refractivity contribution < 1.29 is 9.72 Å². The van der Waals surface area contributed by atoms with E-state index in [-0.39, 0.29) is 16.5 Å². The number of anilines is 2. The van der Waals surface area contributed by atoms with Gasteiger partial charge in [0, 0.05) is 50.4 Å². The minimum Gasteiger partial charge on any atom is -0.377 e. The lowest BCUT2D eigenvalue weighted by Gasteiger charge is -2.36. The van der Waals surface area contributed by atoms with E-state index in [1.165, 1.54) is 0 Å². The van der Waals surface area contributed by atoms with Crippen molar-refractivity contribution in [3.8, 4) is 0 Å². The predicted molar refractivity (Wildman–Crippen MR) is 88.8 cm³/mol. The summed E-state index contributed by atoms with van der Waals surface area (Å²) in [5.74, 6) is 0.185. The SMILES string of the molecule is CCC(=O)N1CCN(c2ccc([N+](=O)[O-])c(NC3CC3)c2)CC1. The fraction of sp³-hybridized carbons (Fsp3) is 0.562. The number of benzene rings is 1. The molecular weight excluding hydrogens is 296 g/mol. The van der Waals surface area contributed by atoms with Crippen molar-refractivity contribution in [1.29, 1.82) is 0 Å². The molecule has 23 heavy (non-hydrogen) atoms. The molecule has 7 heteroatoms. The van der Waals surface area contributed by atoms with Gasteiger partial charge in [0.15, 0.2) is 0 Å². The van der Waals surface area contributed by atoms with Gasteiger partial charge in [-0.1, -0.05) is 6.92 Å². The van der Waals surface area contributed by atoms with E-state index in [0.29, 0.717) is 31.2 Å². The van der Waals surface area contributed by atoms with Gasteiger partial charge in [-0.2, -0.15) is 0 Å². The molecule has 3 rings (SSSR count). The molecule has 1 heterocycles. The van der Waals surface area contributed by atoms with E-state index in [9.17, 15) is 14.9 Å². The Morgan fingerprint density at radius 2 is 2.00 bits per heavy atom. The first kappa shape index (κ1) is 15.6. The number of nitrogens with zero attached hydrogens (tertiary/aromatic N) is 3. The molecule has 2 fully saturated rings. The van der Waals surface area contributed by atoms with Gasteiger partial charge in [0.1, 0.15) is 5.69 Å². The smallest absolute Gasteiger partial charge is 0.292 e. The van der Waals surface area contributed by atoms with E-state index in [1.54, 1.807) is 12.1 Å². The molecule has 1 saturated carbocycles. The summed E-state index contributed by atoms with van der Waals surface area (Å²) < 4.78 is 0. The number of hydrogen-bond donors (Lipinski definition) is 1. The molecule has 1 amide bonds. The van der Waals surface area contributed by atoms with Crippen LogP contribution < -0.4 is 10.2 Å². The molecule has 0 bridgehead atoms. The second-order valence-corrected chi connectivity index (χ2v) is 6.10. The van der Waals surface area contributed by atoms with Crippen molar-refractivity contribution in [2.75, 3.05) is 36.4 Å². The number of nitro benzene ring substituents is 1. The highest BCUT2D eigenvalue weighted by Crippen LogP contribution is 2.34. The lowest BCUT2D eigenvalue weighted by molar-refractivity contribution is -0.384. The Labute approximate surface area is 135 Å². The molecule has 1 saturated heterocycles. The summed E-state index contributed by atoms with van der Waals surface area (Å²) in [5, 5.41) is 14.4. The summed E-state index contributed by atoms with van der Waals surface area (Å²) in [7, 11) is 0. The van der Waals surface area contributed by atoms with E-state index in [0.717, 1.165) is 31.6 Å². The zero-order chi connectivity index (χ0) is 16.4. The number of amides is 1. The maximum atomic E-state index is 11.7. The second kappa shape index (κ2) is 6.44. The maximum absolute atomic E-state index is 11.7. The number of rotatable bonds is 5. The van der Waals surface area contributed by atoms with Crippen LogP contribution in [0, 0.1) is 10.1 Å². The number of nitro groups is 1. The molecule has 0 radical (unpaired) electrons. The molecule has 0 aromatic heterocycles. The van der Waals surface area contributed by atoms with Crippen molar-refractivity contribution in [2.45, 2.75) is 32.2 Å².